The Labute approximate surface area is 234 Å². The third-order valence-corrected chi connectivity index (χ3v) is 7.04. The minimum Gasteiger partial charge on any atom is -0.493 e. The molecular formula is C29H30N2O8S. The molecule has 1 aromatic heterocycles. The molecule has 210 valence electrons. The van der Waals surface area contributed by atoms with Gasteiger partial charge in [-0.2, -0.15) is 0 Å². The average Bonchev–Trinajstić information content (AvgIpc) is 3.22. The average molecular weight is 567 g/mol. The topological polar surface area (TPSA) is 115 Å². The van der Waals surface area contributed by atoms with E-state index in [0.29, 0.717) is 38.7 Å². The van der Waals surface area contributed by atoms with Gasteiger partial charge in [-0.25, -0.2) is 9.79 Å². The molecule has 0 N–H and O–H groups in total. The van der Waals surface area contributed by atoms with E-state index in [2.05, 4.69) is 4.99 Å². The fourth-order valence-corrected chi connectivity index (χ4v) is 5.45. The number of nitrogens with zero attached hydrogens (tertiary/aromatic N) is 2. The summed E-state index contributed by atoms with van der Waals surface area (Å²) in [6.07, 6.45) is 1.74. The molecule has 0 radical (unpaired) electrons. The van der Waals surface area contributed by atoms with E-state index >= 15 is 0 Å². The third kappa shape index (κ3) is 5.64. The lowest BCUT2D eigenvalue weighted by Crippen LogP contribution is -2.40. The van der Waals surface area contributed by atoms with Crippen LogP contribution in [0.3, 0.4) is 0 Å². The second-order valence-corrected chi connectivity index (χ2v) is 9.66. The number of esters is 2. The highest BCUT2D eigenvalue weighted by Gasteiger charge is 2.34. The van der Waals surface area contributed by atoms with Crippen LogP contribution >= 0.6 is 11.3 Å². The Morgan fingerprint density at radius 2 is 1.70 bits per heavy atom. The van der Waals surface area contributed by atoms with Crippen LogP contribution in [-0.4, -0.2) is 43.9 Å². The molecule has 0 unspecified atom stereocenters. The number of fused-ring (bicyclic) bond motifs is 1. The molecule has 1 aliphatic rings. The van der Waals surface area contributed by atoms with Gasteiger partial charge in [-0.15, -0.1) is 0 Å². The predicted octanol–water partition coefficient (Wildman–Crippen LogP) is 3.14. The minimum absolute atomic E-state index is 0.154. The van der Waals surface area contributed by atoms with Crippen LogP contribution in [0.5, 0.6) is 23.0 Å². The SMILES string of the molecule is CCOC(=O)C1=C(C)N=c2s/c(=C/c3ccc(OCC)c(OC)c3)c(=O)n2[C@H]1c1ccc(OC(C)=O)c(OC)c1. The molecule has 4 rings (SSSR count). The van der Waals surface area contributed by atoms with Crippen molar-refractivity contribution in [2.45, 2.75) is 33.7 Å². The normalized spacial score (nSPS) is 14.8. The van der Waals surface area contributed by atoms with E-state index in [-0.39, 0.29) is 29.2 Å². The zero-order valence-electron chi connectivity index (χ0n) is 23.1. The van der Waals surface area contributed by atoms with Gasteiger partial charge < -0.3 is 23.7 Å². The Kier molecular flexibility index (Phi) is 8.73. The first-order valence-electron chi connectivity index (χ1n) is 12.6. The number of carbonyl (C=O) groups excluding carboxylic acids is 2. The first-order chi connectivity index (χ1) is 19.2. The molecule has 0 amide bonds. The maximum absolute atomic E-state index is 13.9. The van der Waals surface area contributed by atoms with Gasteiger partial charge in [0.05, 0.1) is 49.3 Å². The summed E-state index contributed by atoms with van der Waals surface area (Å²) < 4.78 is 29.0. The van der Waals surface area contributed by atoms with Gasteiger partial charge in [-0.05, 0) is 62.2 Å². The Balaban J connectivity index is 1.92. The summed E-state index contributed by atoms with van der Waals surface area (Å²) in [4.78, 5) is 43.6. The highest BCUT2D eigenvalue weighted by Crippen LogP contribution is 2.36. The Bertz CT molecular complexity index is 1670. The monoisotopic (exact) mass is 566 g/mol. The molecule has 1 atom stereocenters. The van der Waals surface area contributed by atoms with Crippen molar-refractivity contribution in [2.24, 2.45) is 4.99 Å². The smallest absolute Gasteiger partial charge is 0.338 e. The summed E-state index contributed by atoms with van der Waals surface area (Å²) >= 11 is 1.20. The van der Waals surface area contributed by atoms with Gasteiger partial charge in [-0.1, -0.05) is 23.5 Å². The number of methoxy groups -OCH3 is 2. The number of hydrogen-bond acceptors (Lipinski definition) is 10. The van der Waals surface area contributed by atoms with Gasteiger partial charge in [0.25, 0.3) is 5.56 Å². The number of allylic oxidation sites excluding steroid dienone is 1. The van der Waals surface area contributed by atoms with Crippen molar-refractivity contribution >= 4 is 29.4 Å². The zero-order chi connectivity index (χ0) is 29.0. The summed E-state index contributed by atoms with van der Waals surface area (Å²) in [6.45, 7) is 7.23. The Morgan fingerprint density at radius 3 is 2.35 bits per heavy atom. The second kappa shape index (κ2) is 12.2. The number of aromatic nitrogens is 1. The summed E-state index contributed by atoms with van der Waals surface area (Å²) in [6, 6.07) is 9.43. The van der Waals surface area contributed by atoms with Gasteiger partial charge >= 0.3 is 11.9 Å². The van der Waals surface area contributed by atoms with Gasteiger partial charge in [0.1, 0.15) is 0 Å². The molecule has 0 bridgehead atoms. The van der Waals surface area contributed by atoms with Crippen molar-refractivity contribution in [3.8, 4) is 23.0 Å². The minimum atomic E-state index is -0.854. The fraction of sp³-hybridized carbons (Fsp3) is 0.310. The molecule has 10 nitrogen and oxygen atoms in total. The van der Waals surface area contributed by atoms with Crippen LogP contribution in [0.2, 0.25) is 0 Å². The maximum Gasteiger partial charge on any atom is 0.338 e. The predicted molar refractivity (Wildman–Crippen MR) is 149 cm³/mol. The quantitative estimate of drug-likeness (QED) is 0.287. The lowest BCUT2D eigenvalue weighted by atomic mass is 9.95. The van der Waals surface area contributed by atoms with Crippen LogP contribution in [0, 0.1) is 0 Å². The van der Waals surface area contributed by atoms with Crippen molar-refractivity contribution in [2.75, 3.05) is 27.4 Å². The lowest BCUT2D eigenvalue weighted by Gasteiger charge is -2.25. The van der Waals surface area contributed by atoms with Crippen LogP contribution in [0.15, 0.2) is 57.5 Å². The molecule has 0 fully saturated rings. The molecule has 40 heavy (non-hydrogen) atoms. The van der Waals surface area contributed by atoms with Gasteiger partial charge in [0.2, 0.25) is 0 Å². The summed E-state index contributed by atoms with van der Waals surface area (Å²) in [5.74, 6) is 0.546. The lowest BCUT2D eigenvalue weighted by molar-refractivity contribution is -0.139. The number of ether oxygens (including phenoxy) is 5. The molecule has 11 heteroatoms. The van der Waals surface area contributed by atoms with Crippen molar-refractivity contribution in [3.63, 3.8) is 0 Å². The van der Waals surface area contributed by atoms with Gasteiger partial charge in [0, 0.05) is 6.92 Å². The largest absolute Gasteiger partial charge is 0.493 e. The van der Waals surface area contributed by atoms with E-state index in [1.54, 1.807) is 57.4 Å². The first kappa shape index (κ1) is 28.6. The van der Waals surface area contributed by atoms with Crippen molar-refractivity contribution in [1.82, 2.24) is 4.57 Å². The number of benzene rings is 2. The molecule has 2 heterocycles. The van der Waals surface area contributed by atoms with Gasteiger partial charge in [-0.3, -0.25) is 14.2 Å². The number of rotatable bonds is 9. The maximum atomic E-state index is 13.9. The second-order valence-electron chi connectivity index (χ2n) is 8.65. The molecule has 0 saturated carbocycles. The van der Waals surface area contributed by atoms with Crippen LogP contribution in [0.4, 0.5) is 0 Å². The van der Waals surface area contributed by atoms with E-state index < -0.39 is 18.0 Å². The molecule has 1 aliphatic heterocycles. The molecular weight excluding hydrogens is 536 g/mol. The van der Waals surface area contributed by atoms with E-state index in [4.69, 9.17) is 23.7 Å². The van der Waals surface area contributed by atoms with E-state index in [0.717, 1.165) is 5.56 Å². The molecule has 0 saturated heterocycles. The number of carbonyl (C=O) groups is 2. The van der Waals surface area contributed by atoms with Crippen LogP contribution < -0.4 is 33.8 Å². The Morgan fingerprint density at radius 1 is 1.00 bits per heavy atom. The highest BCUT2D eigenvalue weighted by atomic mass is 32.1. The van der Waals surface area contributed by atoms with Crippen LogP contribution in [0.25, 0.3) is 6.08 Å². The van der Waals surface area contributed by atoms with Crippen molar-refractivity contribution in [3.05, 3.63) is 78.5 Å². The molecule has 3 aromatic rings. The molecule has 2 aromatic carbocycles. The molecule has 0 spiro atoms. The zero-order valence-corrected chi connectivity index (χ0v) is 23.9. The van der Waals surface area contributed by atoms with E-state index in [1.807, 2.05) is 13.0 Å². The number of hydrogen-bond donors (Lipinski definition) is 0. The van der Waals surface area contributed by atoms with E-state index in [9.17, 15) is 14.4 Å². The summed E-state index contributed by atoms with van der Waals surface area (Å²) in [5.41, 5.74) is 1.61. The standard InChI is InChI=1S/C29H30N2O8S/c1-7-37-20-11-9-18(13-22(20)35-5)14-24-27(33)31-26(19-10-12-21(39-17(4)32)23(15-19)36-6)25(28(34)38-8-2)16(3)30-29(31)40-24/h9-15,26H,7-8H2,1-6H3/b24-14+/t26-/m0/s1. The van der Waals surface area contributed by atoms with Crippen LogP contribution in [-0.2, 0) is 14.3 Å². The summed E-state index contributed by atoms with van der Waals surface area (Å²) in [7, 11) is 2.99. The van der Waals surface area contributed by atoms with Crippen molar-refractivity contribution < 1.29 is 33.3 Å². The first-order valence-corrected chi connectivity index (χ1v) is 13.4. The van der Waals surface area contributed by atoms with E-state index in [1.165, 1.54) is 29.9 Å². The van der Waals surface area contributed by atoms with Crippen LogP contribution in [0.1, 0.15) is 44.9 Å². The third-order valence-electron chi connectivity index (χ3n) is 6.06. The molecule has 0 aliphatic carbocycles. The van der Waals surface area contributed by atoms with Gasteiger partial charge in [0.15, 0.2) is 27.8 Å². The Hall–Kier alpha value is -4.38. The summed E-state index contributed by atoms with van der Waals surface area (Å²) in [5, 5.41) is 0. The highest BCUT2D eigenvalue weighted by molar-refractivity contribution is 7.07. The fourth-order valence-electron chi connectivity index (χ4n) is 4.40. The number of thiazole rings is 1. The van der Waals surface area contributed by atoms with Crippen molar-refractivity contribution in [1.29, 1.82) is 0 Å².